The molecule has 0 radical (unpaired) electrons. The first kappa shape index (κ1) is 14.5. The van der Waals surface area contributed by atoms with Crippen molar-refractivity contribution in [2.75, 3.05) is 11.5 Å². The van der Waals surface area contributed by atoms with Gasteiger partial charge in [-0.25, -0.2) is 8.42 Å². The number of hydrogen-bond donors (Lipinski definition) is 1. The van der Waals surface area contributed by atoms with E-state index in [-0.39, 0.29) is 17.4 Å². The van der Waals surface area contributed by atoms with E-state index >= 15 is 0 Å². The highest BCUT2D eigenvalue weighted by atomic mass is 79.9. The third-order valence-electron chi connectivity index (χ3n) is 2.60. The van der Waals surface area contributed by atoms with Crippen LogP contribution in [-0.2, 0) is 15.6 Å². The summed E-state index contributed by atoms with van der Waals surface area (Å²) < 4.78 is 24.7. The maximum absolute atomic E-state index is 11.9. The molecule has 1 aromatic carbocycles. The fourth-order valence-corrected chi connectivity index (χ4v) is 4.08. The maximum Gasteiger partial charge on any atom is 0.154 e. The number of rotatable bonds is 5. The highest BCUT2D eigenvalue weighted by molar-refractivity contribution is 9.10. The molecule has 0 saturated heterocycles. The number of benzene rings is 1. The van der Waals surface area contributed by atoms with E-state index in [4.69, 9.17) is 5.73 Å². The van der Waals surface area contributed by atoms with Crippen LogP contribution in [0.2, 0.25) is 0 Å². The largest absolute Gasteiger partial charge is 0.399 e. The Kier molecular flexibility index (Phi) is 5.01. The van der Waals surface area contributed by atoms with Crippen LogP contribution >= 0.6 is 15.9 Å². The molecule has 3 nitrogen and oxygen atoms in total. The molecule has 0 aliphatic rings. The highest BCUT2D eigenvalue weighted by Crippen LogP contribution is 2.20. The Hall–Kier alpha value is -0.550. The molecular weight excluding hydrogens is 302 g/mol. The smallest absolute Gasteiger partial charge is 0.154 e. The van der Waals surface area contributed by atoms with E-state index in [9.17, 15) is 8.42 Å². The van der Waals surface area contributed by atoms with E-state index in [1.807, 2.05) is 13.8 Å². The number of nitrogens with two attached hydrogens (primary N) is 1. The average Bonchev–Trinajstić information content (AvgIpc) is 2.13. The van der Waals surface area contributed by atoms with Gasteiger partial charge in [-0.1, -0.05) is 36.2 Å². The first-order valence-corrected chi connectivity index (χ1v) is 8.19. The van der Waals surface area contributed by atoms with Crippen LogP contribution in [0.3, 0.4) is 0 Å². The summed E-state index contributed by atoms with van der Waals surface area (Å²) in [5.41, 5.74) is 6.99. The van der Waals surface area contributed by atoms with E-state index in [0.29, 0.717) is 5.69 Å². The van der Waals surface area contributed by atoms with Crippen molar-refractivity contribution in [3.8, 4) is 0 Å². The van der Waals surface area contributed by atoms with Gasteiger partial charge >= 0.3 is 0 Å². The number of nitrogen functional groups attached to an aromatic ring is 1. The van der Waals surface area contributed by atoms with Crippen LogP contribution in [0.25, 0.3) is 0 Å². The minimum atomic E-state index is -3.06. The average molecular weight is 320 g/mol. The van der Waals surface area contributed by atoms with Crippen molar-refractivity contribution in [1.29, 1.82) is 0 Å². The van der Waals surface area contributed by atoms with Crippen molar-refractivity contribution >= 4 is 31.5 Å². The zero-order chi connectivity index (χ0) is 13.1. The monoisotopic (exact) mass is 319 g/mol. The van der Waals surface area contributed by atoms with Crippen LogP contribution in [0.4, 0.5) is 5.69 Å². The molecule has 1 unspecified atom stereocenters. The van der Waals surface area contributed by atoms with Gasteiger partial charge in [0.2, 0.25) is 0 Å². The molecule has 0 aliphatic heterocycles. The Balaban J connectivity index is 2.83. The predicted molar refractivity (Wildman–Crippen MR) is 75.5 cm³/mol. The van der Waals surface area contributed by atoms with Crippen molar-refractivity contribution in [2.45, 2.75) is 26.0 Å². The lowest BCUT2D eigenvalue weighted by atomic mass is 10.2. The van der Waals surface area contributed by atoms with E-state index in [0.717, 1.165) is 16.5 Å². The van der Waals surface area contributed by atoms with Gasteiger partial charge in [0.05, 0.1) is 11.5 Å². The lowest BCUT2D eigenvalue weighted by Crippen LogP contribution is -2.15. The van der Waals surface area contributed by atoms with Gasteiger partial charge in [0.1, 0.15) is 0 Å². The van der Waals surface area contributed by atoms with E-state index in [1.54, 1.807) is 18.2 Å². The summed E-state index contributed by atoms with van der Waals surface area (Å²) in [6.45, 7) is 3.95. The van der Waals surface area contributed by atoms with E-state index in [2.05, 4.69) is 15.9 Å². The highest BCUT2D eigenvalue weighted by Gasteiger charge is 2.16. The van der Waals surface area contributed by atoms with Crippen LogP contribution < -0.4 is 5.73 Å². The lowest BCUT2D eigenvalue weighted by Gasteiger charge is -2.10. The van der Waals surface area contributed by atoms with Gasteiger partial charge in [0, 0.05) is 10.2 Å². The first-order chi connectivity index (χ1) is 7.82. The molecule has 0 heterocycles. The second-order valence-electron chi connectivity index (χ2n) is 4.46. The number of anilines is 1. The van der Waals surface area contributed by atoms with Crippen LogP contribution in [0.15, 0.2) is 22.7 Å². The molecule has 5 heteroatoms. The zero-order valence-corrected chi connectivity index (χ0v) is 12.5. The maximum atomic E-state index is 11.9. The molecule has 0 aromatic heterocycles. The van der Waals surface area contributed by atoms with Gasteiger partial charge in [-0.2, -0.15) is 0 Å². The minimum Gasteiger partial charge on any atom is -0.399 e. The fraction of sp³-hybridized carbons (Fsp3) is 0.500. The normalized spacial score (nSPS) is 13.6. The van der Waals surface area contributed by atoms with Gasteiger partial charge in [-0.15, -0.1) is 0 Å². The van der Waals surface area contributed by atoms with Crippen LogP contribution in [0, 0.1) is 5.92 Å². The van der Waals surface area contributed by atoms with Gasteiger partial charge in [-0.3, -0.25) is 0 Å². The molecule has 1 aromatic rings. The molecule has 0 amide bonds. The van der Waals surface area contributed by atoms with Crippen LogP contribution in [-0.4, -0.2) is 14.2 Å². The van der Waals surface area contributed by atoms with Crippen LogP contribution in [0.5, 0.6) is 0 Å². The van der Waals surface area contributed by atoms with Gasteiger partial charge < -0.3 is 5.73 Å². The third-order valence-corrected chi connectivity index (χ3v) is 4.91. The molecule has 0 saturated carbocycles. The summed E-state index contributed by atoms with van der Waals surface area (Å²) in [6, 6.07) is 5.26. The molecule has 17 heavy (non-hydrogen) atoms. The summed E-state index contributed by atoms with van der Waals surface area (Å²) in [4.78, 5) is 0. The molecule has 1 rings (SSSR count). The SMILES string of the molecule is CCC(C)CS(=O)(=O)Cc1cc(N)cc(Br)c1. The second-order valence-corrected chi connectivity index (χ2v) is 7.49. The van der Waals surface area contributed by atoms with Crippen molar-refractivity contribution in [1.82, 2.24) is 0 Å². The molecule has 0 aliphatic carbocycles. The first-order valence-electron chi connectivity index (χ1n) is 5.57. The van der Waals surface area contributed by atoms with Crippen molar-refractivity contribution < 1.29 is 8.42 Å². The number of hydrogen-bond acceptors (Lipinski definition) is 3. The van der Waals surface area contributed by atoms with Crippen molar-refractivity contribution in [3.05, 3.63) is 28.2 Å². The lowest BCUT2D eigenvalue weighted by molar-refractivity contribution is 0.563. The van der Waals surface area contributed by atoms with Gasteiger partial charge in [-0.05, 0) is 29.7 Å². The van der Waals surface area contributed by atoms with Crippen molar-refractivity contribution in [2.24, 2.45) is 5.92 Å². The molecule has 0 fully saturated rings. The number of halogens is 1. The van der Waals surface area contributed by atoms with Gasteiger partial charge in [0.15, 0.2) is 9.84 Å². The molecule has 0 spiro atoms. The molecular formula is C12H18BrNO2S. The summed E-state index contributed by atoms with van der Waals surface area (Å²) >= 11 is 3.31. The van der Waals surface area contributed by atoms with Crippen molar-refractivity contribution in [3.63, 3.8) is 0 Å². The molecule has 1 atom stereocenters. The standard InChI is InChI=1S/C12H18BrNO2S/c1-3-9(2)7-17(15,16)8-10-4-11(13)6-12(14)5-10/h4-6,9H,3,7-8,14H2,1-2H3. The second kappa shape index (κ2) is 5.87. The quantitative estimate of drug-likeness (QED) is 0.849. The third kappa shape index (κ3) is 5.08. The van der Waals surface area contributed by atoms with E-state index < -0.39 is 9.84 Å². The summed E-state index contributed by atoms with van der Waals surface area (Å²) in [6.07, 6.45) is 0.875. The predicted octanol–water partition coefficient (Wildman–Crippen LogP) is 2.99. The Morgan fingerprint density at radius 2 is 2.00 bits per heavy atom. The summed E-state index contributed by atoms with van der Waals surface area (Å²) in [7, 11) is -3.06. The Bertz CT molecular complexity index is 465. The Morgan fingerprint density at radius 3 is 2.53 bits per heavy atom. The minimum absolute atomic E-state index is 0.0565. The summed E-state index contributed by atoms with van der Waals surface area (Å²) in [5, 5.41) is 0. The summed E-state index contributed by atoms with van der Waals surface area (Å²) in [5.74, 6) is 0.487. The number of sulfone groups is 1. The molecule has 2 N–H and O–H groups in total. The Morgan fingerprint density at radius 1 is 1.35 bits per heavy atom. The van der Waals surface area contributed by atoms with Gasteiger partial charge in [0.25, 0.3) is 0 Å². The fourth-order valence-electron chi connectivity index (χ4n) is 1.62. The Labute approximate surface area is 111 Å². The van der Waals surface area contributed by atoms with Crippen LogP contribution in [0.1, 0.15) is 25.8 Å². The molecule has 0 bridgehead atoms. The zero-order valence-electron chi connectivity index (χ0n) is 10.1. The topological polar surface area (TPSA) is 60.2 Å². The molecule has 96 valence electrons. The van der Waals surface area contributed by atoms with E-state index in [1.165, 1.54) is 0 Å².